The van der Waals surface area contributed by atoms with Crippen LogP contribution in [0.1, 0.15) is 29.6 Å². The molecular weight excluding hydrogens is 408 g/mol. The molecule has 5 rings (SSSR count). The Labute approximate surface area is 186 Å². The van der Waals surface area contributed by atoms with E-state index in [0.29, 0.717) is 62.2 Å². The van der Waals surface area contributed by atoms with Gasteiger partial charge in [-0.05, 0) is 43.4 Å². The molecule has 1 atom stereocenters. The summed E-state index contributed by atoms with van der Waals surface area (Å²) in [6.07, 6.45) is 5.64. The third-order valence-corrected chi connectivity index (χ3v) is 6.45. The molecule has 0 bridgehead atoms. The van der Waals surface area contributed by atoms with Gasteiger partial charge in [-0.2, -0.15) is 5.26 Å². The summed E-state index contributed by atoms with van der Waals surface area (Å²) in [5.74, 6) is 1.11. The summed E-state index contributed by atoms with van der Waals surface area (Å²) in [6, 6.07) is 9.34. The highest BCUT2D eigenvalue weighted by Gasteiger charge is 2.56. The first-order valence-corrected chi connectivity index (χ1v) is 10.9. The van der Waals surface area contributed by atoms with E-state index in [2.05, 4.69) is 21.4 Å². The SMILES string of the molecule is N#C[C@@]1(C2CC2)CCN(c2ccnc(Nc3ccc(C(=O)N4CCOCC4)cn3)c2)C1=O. The Balaban J connectivity index is 1.28. The second kappa shape index (κ2) is 8.20. The minimum absolute atomic E-state index is 0.0587. The van der Waals surface area contributed by atoms with E-state index < -0.39 is 5.41 Å². The number of rotatable bonds is 5. The predicted octanol–water partition coefficient (Wildman–Crippen LogP) is 2.35. The van der Waals surface area contributed by atoms with Gasteiger partial charge in [0.25, 0.3) is 5.91 Å². The monoisotopic (exact) mass is 432 g/mol. The van der Waals surface area contributed by atoms with Crippen molar-refractivity contribution >= 4 is 29.1 Å². The van der Waals surface area contributed by atoms with Gasteiger partial charge in [-0.15, -0.1) is 0 Å². The molecule has 1 saturated carbocycles. The standard InChI is InChI=1S/C23H24N6O3/c24-15-23(17-2-3-17)6-8-29(22(23)31)18-5-7-25-20(13-18)27-19-4-1-16(14-26-19)21(30)28-9-11-32-12-10-28/h1,4-5,7,13-14,17H,2-3,6,8-12H2,(H,25,26,27)/t23-/m1/s1. The summed E-state index contributed by atoms with van der Waals surface area (Å²) in [4.78, 5) is 37.7. The van der Waals surface area contributed by atoms with Crippen molar-refractivity contribution in [3.8, 4) is 6.07 Å². The number of aromatic nitrogens is 2. The van der Waals surface area contributed by atoms with Crippen molar-refractivity contribution in [1.82, 2.24) is 14.9 Å². The average molecular weight is 432 g/mol. The van der Waals surface area contributed by atoms with E-state index in [1.54, 1.807) is 46.5 Å². The van der Waals surface area contributed by atoms with Gasteiger partial charge in [0.05, 0.1) is 24.8 Å². The third-order valence-electron chi connectivity index (χ3n) is 6.45. The number of nitriles is 1. The summed E-state index contributed by atoms with van der Waals surface area (Å²) >= 11 is 0. The number of hydrogen-bond donors (Lipinski definition) is 1. The van der Waals surface area contributed by atoms with E-state index in [4.69, 9.17) is 4.74 Å². The highest BCUT2D eigenvalue weighted by molar-refractivity contribution is 6.02. The van der Waals surface area contributed by atoms with Crippen LogP contribution in [0.5, 0.6) is 0 Å². The van der Waals surface area contributed by atoms with Crippen molar-refractivity contribution < 1.29 is 14.3 Å². The summed E-state index contributed by atoms with van der Waals surface area (Å²) in [6.45, 7) is 2.80. The maximum atomic E-state index is 13.0. The van der Waals surface area contributed by atoms with E-state index in [1.165, 1.54) is 0 Å². The van der Waals surface area contributed by atoms with Gasteiger partial charge in [0.1, 0.15) is 17.1 Å². The minimum atomic E-state index is -0.874. The Morgan fingerprint density at radius 1 is 1.16 bits per heavy atom. The van der Waals surface area contributed by atoms with Crippen molar-refractivity contribution in [3.63, 3.8) is 0 Å². The number of nitrogens with one attached hydrogen (secondary N) is 1. The second-order valence-corrected chi connectivity index (χ2v) is 8.43. The number of carbonyl (C=O) groups is 2. The normalized spacial score (nSPS) is 23.2. The van der Waals surface area contributed by atoms with Crippen molar-refractivity contribution in [3.05, 3.63) is 42.2 Å². The van der Waals surface area contributed by atoms with Crippen LogP contribution in [0.3, 0.4) is 0 Å². The largest absolute Gasteiger partial charge is 0.378 e. The first-order valence-electron chi connectivity index (χ1n) is 10.9. The van der Waals surface area contributed by atoms with Crippen LogP contribution in [-0.2, 0) is 9.53 Å². The van der Waals surface area contributed by atoms with Gasteiger partial charge < -0.3 is 19.9 Å². The molecule has 2 saturated heterocycles. The number of carbonyl (C=O) groups excluding carboxylic acids is 2. The lowest BCUT2D eigenvalue weighted by Crippen LogP contribution is -2.40. The Morgan fingerprint density at radius 3 is 2.66 bits per heavy atom. The fourth-order valence-electron chi connectivity index (χ4n) is 4.46. The van der Waals surface area contributed by atoms with E-state index in [1.807, 2.05) is 0 Å². The molecule has 164 valence electrons. The number of nitrogens with zero attached hydrogens (tertiary/aromatic N) is 5. The lowest BCUT2D eigenvalue weighted by molar-refractivity contribution is -0.123. The Bertz CT molecular complexity index is 1070. The lowest BCUT2D eigenvalue weighted by atomic mass is 9.83. The lowest BCUT2D eigenvalue weighted by Gasteiger charge is -2.26. The average Bonchev–Trinajstić information content (AvgIpc) is 3.63. The number of pyridine rings is 2. The highest BCUT2D eigenvalue weighted by atomic mass is 16.5. The Kier molecular flexibility index (Phi) is 5.23. The highest BCUT2D eigenvalue weighted by Crippen LogP contribution is 2.51. The summed E-state index contributed by atoms with van der Waals surface area (Å²) in [5.41, 5.74) is 0.362. The maximum absolute atomic E-state index is 13.0. The first kappa shape index (κ1) is 20.4. The van der Waals surface area contributed by atoms with Crippen LogP contribution >= 0.6 is 0 Å². The molecule has 3 fully saturated rings. The van der Waals surface area contributed by atoms with Crippen LogP contribution < -0.4 is 10.2 Å². The summed E-state index contributed by atoms with van der Waals surface area (Å²) in [7, 11) is 0. The molecule has 0 unspecified atom stereocenters. The maximum Gasteiger partial charge on any atom is 0.255 e. The Hall–Kier alpha value is -3.51. The molecule has 0 radical (unpaired) electrons. The summed E-state index contributed by atoms with van der Waals surface area (Å²) in [5, 5.41) is 12.8. The molecular formula is C23H24N6O3. The van der Waals surface area contributed by atoms with Gasteiger partial charge in [0, 0.05) is 43.8 Å². The number of hydrogen-bond acceptors (Lipinski definition) is 7. The quantitative estimate of drug-likeness (QED) is 0.772. The number of ether oxygens (including phenoxy) is 1. The van der Waals surface area contributed by atoms with E-state index in [9.17, 15) is 14.9 Å². The molecule has 9 nitrogen and oxygen atoms in total. The molecule has 1 aliphatic carbocycles. The molecule has 2 aromatic rings. The van der Waals surface area contributed by atoms with Crippen LogP contribution in [0, 0.1) is 22.7 Å². The molecule has 32 heavy (non-hydrogen) atoms. The van der Waals surface area contributed by atoms with Crippen molar-refractivity contribution in [1.29, 1.82) is 5.26 Å². The molecule has 9 heteroatoms. The zero-order valence-corrected chi connectivity index (χ0v) is 17.7. The van der Waals surface area contributed by atoms with Crippen LogP contribution in [0.15, 0.2) is 36.7 Å². The van der Waals surface area contributed by atoms with Crippen molar-refractivity contribution in [2.45, 2.75) is 19.3 Å². The fraction of sp³-hybridized carbons (Fsp3) is 0.435. The Morgan fingerprint density at radius 2 is 1.97 bits per heavy atom. The third kappa shape index (κ3) is 3.67. The van der Waals surface area contributed by atoms with Gasteiger partial charge in [-0.3, -0.25) is 9.59 Å². The number of morpholine rings is 1. The molecule has 3 aliphatic rings. The molecule has 2 aliphatic heterocycles. The van der Waals surface area contributed by atoms with Gasteiger partial charge in [0.15, 0.2) is 0 Å². The van der Waals surface area contributed by atoms with E-state index in [-0.39, 0.29) is 17.7 Å². The van der Waals surface area contributed by atoms with Gasteiger partial charge in [-0.25, -0.2) is 9.97 Å². The second-order valence-electron chi connectivity index (χ2n) is 8.43. The molecule has 2 amide bonds. The molecule has 0 spiro atoms. The zero-order valence-electron chi connectivity index (χ0n) is 17.7. The minimum Gasteiger partial charge on any atom is -0.378 e. The van der Waals surface area contributed by atoms with E-state index in [0.717, 1.165) is 12.8 Å². The predicted molar refractivity (Wildman–Crippen MR) is 116 cm³/mol. The van der Waals surface area contributed by atoms with Crippen molar-refractivity contribution in [2.75, 3.05) is 43.1 Å². The van der Waals surface area contributed by atoms with Gasteiger partial charge >= 0.3 is 0 Å². The molecule has 1 N–H and O–H groups in total. The fourth-order valence-corrected chi connectivity index (χ4v) is 4.46. The van der Waals surface area contributed by atoms with Crippen molar-refractivity contribution in [2.24, 2.45) is 11.3 Å². The van der Waals surface area contributed by atoms with Crippen LogP contribution in [0.4, 0.5) is 17.3 Å². The van der Waals surface area contributed by atoms with E-state index >= 15 is 0 Å². The zero-order chi connectivity index (χ0) is 22.1. The van der Waals surface area contributed by atoms with Crippen LogP contribution in [0.2, 0.25) is 0 Å². The smallest absolute Gasteiger partial charge is 0.255 e. The molecule has 2 aromatic heterocycles. The van der Waals surface area contributed by atoms with Gasteiger partial charge in [0.2, 0.25) is 5.91 Å². The number of amides is 2. The summed E-state index contributed by atoms with van der Waals surface area (Å²) < 4.78 is 5.29. The molecule has 4 heterocycles. The van der Waals surface area contributed by atoms with Gasteiger partial charge in [-0.1, -0.05) is 0 Å². The molecule has 0 aromatic carbocycles. The number of anilines is 3. The first-order chi connectivity index (χ1) is 15.6. The topological polar surface area (TPSA) is 111 Å². The van der Waals surface area contributed by atoms with Crippen LogP contribution in [0.25, 0.3) is 0 Å². The van der Waals surface area contributed by atoms with Crippen LogP contribution in [-0.4, -0.2) is 59.5 Å².